The highest BCUT2D eigenvalue weighted by Crippen LogP contribution is 2.38. The Kier molecular flexibility index (Phi) is 6.22. The molecule has 148 valence electrons. The Balaban J connectivity index is 1.93. The third-order valence-corrected chi connectivity index (χ3v) is 11.8. The molecule has 1 aromatic heterocycles. The van der Waals surface area contributed by atoms with Gasteiger partial charge in [-0.1, -0.05) is 20.8 Å². The summed E-state index contributed by atoms with van der Waals surface area (Å²) in [5.41, 5.74) is -0.815. The van der Waals surface area contributed by atoms with Crippen molar-refractivity contribution >= 4 is 31.5 Å². The van der Waals surface area contributed by atoms with Gasteiger partial charge in [-0.05, 0) is 64.7 Å². The van der Waals surface area contributed by atoms with Gasteiger partial charge in [0.15, 0.2) is 8.32 Å². The SMILES string of the molecule is CC1(C)OB(c2cc(F)c(CCCO[Si](C)(C)C(C)(C)C)s2)OC1(C)C. The zero-order valence-electron chi connectivity index (χ0n) is 17.8. The van der Waals surface area contributed by atoms with Crippen LogP contribution in [0.5, 0.6) is 0 Å². The zero-order chi connectivity index (χ0) is 20.0. The van der Waals surface area contributed by atoms with Gasteiger partial charge in [0, 0.05) is 16.3 Å². The van der Waals surface area contributed by atoms with Gasteiger partial charge in [-0.15, -0.1) is 11.3 Å². The average molecular weight is 400 g/mol. The van der Waals surface area contributed by atoms with Crippen molar-refractivity contribution in [3.63, 3.8) is 0 Å². The van der Waals surface area contributed by atoms with Crippen LogP contribution in [0.1, 0.15) is 59.8 Å². The van der Waals surface area contributed by atoms with Crippen LogP contribution in [0.25, 0.3) is 0 Å². The molecule has 0 amide bonds. The molecule has 0 aromatic carbocycles. The molecule has 0 unspecified atom stereocenters. The second-order valence-electron chi connectivity index (χ2n) is 9.72. The Morgan fingerprint density at radius 3 is 2.19 bits per heavy atom. The van der Waals surface area contributed by atoms with Crippen LogP contribution in [0.4, 0.5) is 4.39 Å². The van der Waals surface area contributed by atoms with E-state index in [0.29, 0.717) is 13.0 Å². The second kappa shape index (κ2) is 7.32. The minimum atomic E-state index is -1.74. The highest BCUT2D eigenvalue weighted by Gasteiger charge is 2.52. The highest BCUT2D eigenvalue weighted by molar-refractivity contribution is 7.22. The van der Waals surface area contributed by atoms with Crippen molar-refractivity contribution in [1.82, 2.24) is 0 Å². The summed E-state index contributed by atoms with van der Waals surface area (Å²) in [4.78, 5) is 0.758. The minimum absolute atomic E-state index is 0.160. The van der Waals surface area contributed by atoms with Crippen LogP contribution >= 0.6 is 11.3 Å². The molecule has 0 aliphatic carbocycles. The molecule has 0 atom stereocenters. The molecule has 1 aliphatic heterocycles. The molecule has 1 fully saturated rings. The summed E-state index contributed by atoms with van der Waals surface area (Å²) >= 11 is 1.45. The van der Waals surface area contributed by atoms with Crippen LogP contribution in [0.2, 0.25) is 18.1 Å². The van der Waals surface area contributed by atoms with E-state index in [1.165, 1.54) is 11.3 Å². The molecule has 0 saturated carbocycles. The fourth-order valence-corrected chi connectivity index (χ4v) is 4.58. The van der Waals surface area contributed by atoms with Crippen molar-refractivity contribution in [1.29, 1.82) is 0 Å². The molecule has 26 heavy (non-hydrogen) atoms. The number of hydrogen-bond acceptors (Lipinski definition) is 4. The van der Waals surface area contributed by atoms with E-state index < -0.39 is 26.6 Å². The number of thiophene rings is 1. The molecule has 0 spiro atoms. The van der Waals surface area contributed by atoms with E-state index in [-0.39, 0.29) is 10.9 Å². The summed E-state index contributed by atoms with van der Waals surface area (Å²) in [6.45, 7) is 19.9. The van der Waals surface area contributed by atoms with Gasteiger partial charge < -0.3 is 13.7 Å². The van der Waals surface area contributed by atoms with Gasteiger partial charge in [-0.3, -0.25) is 0 Å². The summed E-state index contributed by atoms with van der Waals surface area (Å²) in [6.07, 6.45) is 1.51. The number of hydrogen-bond donors (Lipinski definition) is 0. The maximum Gasteiger partial charge on any atom is 0.505 e. The predicted octanol–water partition coefficient (Wildman–Crippen LogP) is 5.14. The van der Waals surface area contributed by atoms with Gasteiger partial charge in [0.25, 0.3) is 0 Å². The molecule has 1 saturated heterocycles. The maximum atomic E-state index is 14.4. The third-order valence-electron chi connectivity index (χ3n) is 6.08. The lowest BCUT2D eigenvalue weighted by Crippen LogP contribution is -2.41. The Hall–Kier alpha value is -0.208. The van der Waals surface area contributed by atoms with Crippen molar-refractivity contribution in [2.24, 2.45) is 0 Å². The molecule has 0 bridgehead atoms. The fraction of sp³-hybridized carbons (Fsp3) is 0.789. The van der Waals surface area contributed by atoms with Gasteiger partial charge in [0.2, 0.25) is 0 Å². The van der Waals surface area contributed by atoms with Crippen LogP contribution in [-0.2, 0) is 20.2 Å². The van der Waals surface area contributed by atoms with Crippen molar-refractivity contribution in [2.45, 2.75) is 90.6 Å². The van der Waals surface area contributed by atoms with Gasteiger partial charge >= 0.3 is 7.12 Å². The number of halogens is 1. The Morgan fingerprint density at radius 1 is 1.15 bits per heavy atom. The monoisotopic (exact) mass is 400 g/mol. The molecule has 0 radical (unpaired) electrons. The quantitative estimate of drug-likeness (QED) is 0.489. The summed E-state index contributed by atoms with van der Waals surface area (Å²) in [7, 11) is -2.22. The Bertz CT molecular complexity index is 621. The standard InChI is InChI=1S/C19H34BFO3SSi/c1-17(2,3)26(8,9)22-12-10-11-15-14(21)13-16(25-15)20-23-18(4,5)19(6,7)24-20/h13H,10-12H2,1-9H3. The highest BCUT2D eigenvalue weighted by atomic mass is 32.1. The third kappa shape index (κ3) is 4.61. The normalized spacial score (nSPS) is 20.0. The molecule has 0 N–H and O–H groups in total. The molecule has 1 aromatic rings. The fourth-order valence-electron chi connectivity index (χ4n) is 2.45. The first kappa shape index (κ1) is 22.1. The first-order valence-corrected chi connectivity index (χ1v) is 13.2. The van der Waals surface area contributed by atoms with Crippen LogP contribution in [0.15, 0.2) is 6.07 Å². The van der Waals surface area contributed by atoms with E-state index in [9.17, 15) is 4.39 Å². The van der Waals surface area contributed by atoms with Crippen LogP contribution in [0, 0.1) is 5.82 Å². The number of rotatable bonds is 6. The molecular weight excluding hydrogens is 366 g/mol. The molecule has 7 heteroatoms. The van der Waals surface area contributed by atoms with Crippen LogP contribution in [0.3, 0.4) is 0 Å². The van der Waals surface area contributed by atoms with E-state index in [1.807, 2.05) is 27.7 Å². The van der Waals surface area contributed by atoms with Crippen LogP contribution < -0.4 is 4.78 Å². The van der Waals surface area contributed by atoms with Gasteiger partial charge in [0.05, 0.1) is 11.2 Å². The summed E-state index contributed by atoms with van der Waals surface area (Å²) in [5, 5.41) is 0.200. The first-order chi connectivity index (χ1) is 11.7. The summed E-state index contributed by atoms with van der Waals surface area (Å²) in [6, 6.07) is 1.57. The topological polar surface area (TPSA) is 27.7 Å². The molecule has 3 nitrogen and oxygen atoms in total. The van der Waals surface area contributed by atoms with Crippen LogP contribution in [-0.4, -0.2) is 33.2 Å². The van der Waals surface area contributed by atoms with E-state index in [2.05, 4.69) is 33.9 Å². The molecule has 1 aliphatic rings. The van der Waals surface area contributed by atoms with Crippen molar-refractivity contribution in [3.8, 4) is 0 Å². The van der Waals surface area contributed by atoms with E-state index in [0.717, 1.165) is 16.1 Å². The molecule has 2 rings (SSSR count). The van der Waals surface area contributed by atoms with Gasteiger partial charge in [-0.2, -0.15) is 0 Å². The zero-order valence-corrected chi connectivity index (χ0v) is 19.6. The van der Waals surface area contributed by atoms with Crippen molar-refractivity contribution < 1.29 is 18.1 Å². The maximum absolute atomic E-state index is 14.4. The lowest BCUT2D eigenvalue weighted by atomic mass is 9.88. The Labute approximate surface area is 163 Å². The largest absolute Gasteiger partial charge is 0.505 e. The average Bonchev–Trinajstić information content (AvgIpc) is 2.91. The van der Waals surface area contributed by atoms with E-state index >= 15 is 0 Å². The first-order valence-electron chi connectivity index (χ1n) is 9.44. The number of aryl methyl sites for hydroxylation is 1. The van der Waals surface area contributed by atoms with Crippen molar-refractivity contribution in [3.05, 3.63) is 16.8 Å². The van der Waals surface area contributed by atoms with Gasteiger partial charge in [0.1, 0.15) is 5.82 Å². The Morgan fingerprint density at radius 2 is 1.69 bits per heavy atom. The van der Waals surface area contributed by atoms with Crippen molar-refractivity contribution in [2.75, 3.05) is 6.61 Å². The smallest absolute Gasteiger partial charge is 0.417 e. The van der Waals surface area contributed by atoms with E-state index in [1.54, 1.807) is 6.07 Å². The minimum Gasteiger partial charge on any atom is -0.417 e. The van der Waals surface area contributed by atoms with E-state index in [4.69, 9.17) is 13.7 Å². The molecular formula is C19H34BFO3SSi. The lowest BCUT2D eigenvalue weighted by Gasteiger charge is -2.36. The van der Waals surface area contributed by atoms with Gasteiger partial charge in [-0.25, -0.2) is 4.39 Å². The lowest BCUT2D eigenvalue weighted by molar-refractivity contribution is 0.00578. The second-order valence-corrected chi connectivity index (χ2v) is 15.7. The predicted molar refractivity (Wildman–Crippen MR) is 111 cm³/mol. The summed E-state index contributed by atoms with van der Waals surface area (Å²) in [5.74, 6) is -0.160. The summed E-state index contributed by atoms with van der Waals surface area (Å²) < 4.78 is 33.4. The molecule has 2 heterocycles.